The third-order valence-corrected chi connectivity index (χ3v) is 7.19. The standard InChI is InChI=1S/C25H22N2O5S/c1-18-13-15-20(16-14-18)33(31,32)27(19-8-3-2-4-9-19)23(28)12-7-17-26-24(29)21-10-5-6-11-22(21)25(26)30/h2-6,8-11,13-16H,7,12,17H2,1H3. The smallest absolute Gasteiger partial charge is 0.270 e. The monoisotopic (exact) mass is 462 g/mol. The predicted molar refractivity (Wildman–Crippen MR) is 123 cm³/mol. The maximum absolute atomic E-state index is 13.3. The summed E-state index contributed by atoms with van der Waals surface area (Å²) in [6, 6.07) is 20.9. The van der Waals surface area contributed by atoms with Crippen LogP contribution in [0.3, 0.4) is 0 Å². The summed E-state index contributed by atoms with van der Waals surface area (Å²) in [7, 11) is -4.15. The van der Waals surface area contributed by atoms with E-state index in [-0.39, 0.29) is 30.0 Å². The fourth-order valence-electron chi connectivity index (χ4n) is 3.73. The number of imide groups is 1. The first-order valence-electron chi connectivity index (χ1n) is 10.5. The minimum Gasteiger partial charge on any atom is -0.274 e. The minimum atomic E-state index is -4.15. The maximum atomic E-state index is 13.3. The van der Waals surface area contributed by atoms with E-state index in [0.717, 1.165) is 14.8 Å². The lowest BCUT2D eigenvalue weighted by Gasteiger charge is -2.23. The van der Waals surface area contributed by atoms with Gasteiger partial charge in [-0.1, -0.05) is 48.0 Å². The van der Waals surface area contributed by atoms with Crippen molar-refractivity contribution in [3.05, 3.63) is 95.6 Å². The minimum absolute atomic E-state index is 0.00523. The first-order chi connectivity index (χ1) is 15.8. The number of carbonyl (C=O) groups excluding carboxylic acids is 3. The molecule has 0 aliphatic carbocycles. The molecule has 0 radical (unpaired) electrons. The van der Waals surface area contributed by atoms with Crippen molar-refractivity contribution in [3.8, 4) is 0 Å². The van der Waals surface area contributed by atoms with Crippen LogP contribution in [0.5, 0.6) is 0 Å². The van der Waals surface area contributed by atoms with Gasteiger partial charge in [0.1, 0.15) is 0 Å². The molecule has 3 aromatic carbocycles. The van der Waals surface area contributed by atoms with Crippen LogP contribution >= 0.6 is 0 Å². The number of para-hydroxylation sites is 1. The number of benzene rings is 3. The molecule has 1 heterocycles. The van der Waals surface area contributed by atoms with E-state index in [0.29, 0.717) is 11.1 Å². The Kier molecular flexibility index (Phi) is 6.11. The topological polar surface area (TPSA) is 91.8 Å². The van der Waals surface area contributed by atoms with Crippen LogP contribution in [0.2, 0.25) is 0 Å². The highest BCUT2D eigenvalue weighted by atomic mass is 32.2. The van der Waals surface area contributed by atoms with Gasteiger partial charge in [-0.15, -0.1) is 0 Å². The van der Waals surface area contributed by atoms with Crippen molar-refractivity contribution in [3.63, 3.8) is 0 Å². The Hall–Kier alpha value is -3.78. The number of sulfonamides is 1. The second kappa shape index (κ2) is 8.99. The molecule has 1 aliphatic heterocycles. The van der Waals surface area contributed by atoms with Gasteiger partial charge in [0.25, 0.3) is 21.8 Å². The number of aryl methyl sites for hydroxylation is 1. The van der Waals surface area contributed by atoms with E-state index in [4.69, 9.17) is 0 Å². The number of fused-ring (bicyclic) bond motifs is 1. The number of anilines is 1. The fraction of sp³-hybridized carbons (Fsp3) is 0.160. The first-order valence-corrected chi connectivity index (χ1v) is 11.9. The normalized spacial score (nSPS) is 13.2. The van der Waals surface area contributed by atoms with E-state index >= 15 is 0 Å². The molecule has 1 aliphatic rings. The Morgan fingerprint density at radius 1 is 0.818 bits per heavy atom. The second-order valence-corrected chi connectivity index (χ2v) is 9.51. The van der Waals surface area contributed by atoms with Crippen LogP contribution in [0.25, 0.3) is 0 Å². The highest BCUT2D eigenvalue weighted by Crippen LogP contribution is 2.26. The molecule has 0 fully saturated rings. The van der Waals surface area contributed by atoms with Crippen molar-refractivity contribution in [1.29, 1.82) is 0 Å². The molecule has 8 heteroatoms. The van der Waals surface area contributed by atoms with Crippen LogP contribution < -0.4 is 4.31 Å². The number of nitrogens with zero attached hydrogens (tertiary/aromatic N) is 2. The van der Waals surface area contributed by atoms with Crippen LogP contribution in [-0.4, -0.2) is 37.6 Å². The highest BCUT2D eigenvalue weighted by Gasteiger charge is 2.35. The van der Waals surface area contributed by atoms with Crippen molar-refractivity contribution in [2.24, 2.45) is 0 Å². The van der Waals surface area contributed by atoms with E-state index in [2.05, 4.69) is 0 Å². The molecule has 7 nitrogen and oxygen atoms in total. The Morgan fingerprint density at radius 2 is 1.36 bits per heavy atom. The van der Waals surface area contributed by atoms with E-state index < -0.39 is 27.7 Å². The van der Waals surface area contributed by atoms with Gasteiger partial charge >= 0.3 is 0 Å². The number of hydrogen-bond acceptors (Lipinski definition) is 5. The molecule has 168 valence electrons. The summed E-state index contributed by atoms with van der Waals surface area (Å²) in [5.74, 6) is -1.45. The van der Waals surface area contributed by atoms with Crippen LogP contribution in [0.4, 0.5) is 5.69 Å². The van der Waals surface area contributed by atoms with Gasteiger partial charge < -0.3 is 0 Å². The van der Waals surface area contributed by atoms with Crippen molar-refractivity contribution < 1.29 is 22.8 Å². The zero-order valence-corrected chi connectivity index (χ0v) is 18.8. The van der Waals surface area contributed by atoms with E-state index in [1.165, 1.54) is 12.1 Å². The average Bonchev–Trinajstić information content (AvgIpc) is 3.05. The molecule has 0 bridgehead atoms. The SMILES string of the molecule is Cc1ccc(S(=O)(=O)N(C(=O)CCCN2C(=O)c3ccccc3C2=O)c2ccccc2)cc1. The summed E-state index contributed by atoms with van der Waals surface area (Å²) in [5.41, 5.74) is 1.79. The fourth-order valence-corrected chi connectivity index (χ4v) is 5.18. The van der Waals surface area contributed by atoms with E-state index in [1.54, 1.807) is 66.7 Å². The lowest BCUT2D eigenvalue weighted by molar-refractivity contribution is -0.117. The summed E-state index contributed by atoms with van der Waals surface area (Å²) in [6.45, 7) is 1.86. The predicted octanol–water partition coefficient (Wildman–Crippen LogP) is 3.79. The number of carbonyl (C=O) groups is 3. The van der Waals surface area contributed by atoms with E-state index in [9.17, 15) is 22.8 Å². The zero-order valence-electron chi connectivity index (χ0n) is 18.0. The first kappa shape index (κ1) is 22.4. The van der Waals surface area contributed by atoms with Gasteiger partial charge in [-0.2, -0.15) is 0 Å². The summed E-state index contributed by atoms with van der Waals surface area (Å²) in [6.07, 6.45) is -0.0234. The van der Waals surface area contributed by atoms with Crippen LogP contribution in [0, 0.1) is 6.92 Å². The Bertz CT molecular complexity index is 1280. The summed E-state index contributed by atoms with van der Waals surface area (Å²) < 4.78 is 27.5. The molecule has 33 heavy (non-hydrogen) atoms. The molecule has 0 spiro atoms. The average molecular weight is 463 g/mol. The molecule has 3 amide bonds. The zero-order chi connectivity index (χ0) is 23.6. The third kappa shape index (κ3) is 4.29. The summed E-state index contributed by atoms with van der Waals surface area (Å²) in [4.78, 5) is 39.3. The summed E-state index contributed by atoms with van der Waals surface area (Å²) in [5, 5.41) is 0. The highest BCUT2D eigenvalue weighted by molar-refractivity contribution is 7.93. The third-order valence-electron chi connectivity index (χ3n) is 5.43. The van der Waals surface area contributed by atoms with Crippen LogP contribution in [-0.2, 0) is 14.8 Å². The number of rotatable bonds is 7. The van der Waals surface area contributed by atoms with Gasteiger partial charge in [0.05, 0.1) is 21.7 Å². The van der Waals surface area contributed by atoms with Crippen molar-refractivity contribution in [1.82, 2.24) is 4.90 Å². The lowest BCUT2D eigenvalue weighted by Crippen LogP contribution is -2.38. The molecular formula is C25H22N2O5S. The van der Waals surface area contributed by atoms with Gasteiger partial charge in [-0.25, -0.2) is 12.7 Å². The van der Waals surface area contributed by atoms with Gasteiger partial charge in [0.2, 0.25) is 5.91 Å². The molecule has 0 aromatic heterocycles. The molecule has 0 saturated heterocycles. The van der Waals surface area contributed by atoms with Crippen LogP contribution in [0.1, 0.15) is 39.1 Å². The number of hydrogen-bond donors (Lipinski definition) is 0. The molecule has 0 N–H and O–H groups in total. The van der Waals surface area contributed by atoms with Gasteiger partial charge in [0.15, 0.2) is 0 Å². The van der Waals surface area contributed by atoms with Crippen molar-refractivity contribution in [2.75, 3.05) is 10.8 Å². The molecule has 4 rings (SSSR count). The van der Waals surface area contributed by atoms with Gasteiger partial charge in [-0.05, 0) is 49.7 Å². The molecule has 0 unspecified atom stereocenters. The lowest BCUT2D eigenvalue weighted by atomic mass is 10.1. The van der Waals surface area contributed by atoms with E-state index in [1.807, 2.05) is 6.92 Å². The van der Waals surface area contributed by atoms with Gasteiger partial charge in [0, 0.05) is 13.0 Å². The van der Waals surface area contributed by atoms with Crippen LogP contribution in [0.15, 0.2) is 83.8 Å². The second-order valence-electron chi connectivity index (χ2n) is 7.72. The Labute approximate surface area is 192 Å². The Balaban J connectivity index is 1.53. The maximum Gasteiger partial charge on any atom is 0.270 e. The quantitative estimate of drug-likeness (QED) is 0.498. The van der Waals surface area contributed by atoms with Crippen molar-refractivity contribution >= 4 is 33.4 Å². The Morgan fingerprint density at radius 3 is 1.94 bits per heavy atom. The molecule has 0 atom stereocenters. The molecule has 3 aromatic rings. The summed E-state index contributed by atoms with van der Waals surface area (Å²) >= 11 is 0. The molecular weight excluding hydrogens is 440 g/mol. The molecule has 0 saturated carbocycles. The largest absolute Gasteiger partial charge is 0.274 e. The van der Waals surface area contributed by atoms with Crippen molar-refractivity contribution in [2.45, 2.75) is 24.7 Å². The van der Waals surface area contributed by atoms with Gasteiger partial charge in [-0.3, -0.25) is 19.3 Å². The number of amides is 3.